The summed E-state index contributed by atoms with van der Waals surface area (Å²) in [6.45, 7) is 7.34. The average molecular weight is 550 g/mol. The minimum absolute atomic E-state index is 0.135. The number of hydrogen-bond donors (Lipinski definition) is 1. The van der Waals surface area contributed by atoms with Crippen LogP contribution in [0.15, 0.2) is 66.7 Å². The molecule has 5 rings (SSSR count). The van der Waals surface area contributed by atoms with Gasteiger partial charge in [0.15, 0.2) is 11.6 Å². The molecule has 1 heterocycles. The number of ether oxygens (including phenoxy) is 1. The van der Waals surface area contributed by atoms with E-state index in [0.717, 1.165) is 18.4 Å². The van der Waals surface area contributed by atoms with Crippen molar-refractivity contribution in [3.8, 4) is 45.7 Å². The van der Waals surface area contributed by atoms with E-state index in [9.17, 15) is 5.11 Å². The number of unbranched alkanes of at least 4 members (excludes halogenated alkanes) is 9. The summed E-state index contributed by atoms with van der Waals surface area (Å²) in [5, 5.41) is 10.6. The summed E-state index contributed by atoms with van der Waals surface area (Å²) >= 11 is 0. The Labute approximate surface area is 245 Å². The van der Waals surface area contributed by atoms with E-state index < -0.39 is 0 Å². The molecule has 0 aliphatic heterocycles. The van der Waals surface area contributed by atoms with Crippen LogP contribution >= 0.6 is 0 Å². The summed E-state index contributed by atoms with van der Waals surface area (Å²) in [5.41, 5.74) is 6.29. The monoisotopic (exact) mass is 549 g/mol. The van der Waals surface area contributed by atoms with Crippen molar-refractivity contribution in [1.82, 2.24) is 15.0 Å². The SMILES string of the molecule is CCCCCCCCCCCCOc1nc(-c2ccccc2O)nc(-c2cccc3c2C(C)(C)c2ccccc2-3)n1. The molecule has 0 amide bonds. The lowest BCUT2D eigenvalue weighted by molar-refractivity contribution is 0.281. The minimum Gasteiger partial charge on any atom is -0.507 e. The Bertz CT molecular complexity index is 1460. The third kappa shape index (κ3) is 6.45. The molecule has 41 heavy (non-hydrogen) atoms. The second-order valence-corrected chi connectivity index (χ2v) is 11.7. The molecular weight excluding hydrogens is 506 g/mol. The van der Waals surface area contributed by atoms with E-state index in [0.29, 0.717) is 29.8 Å². The molecule has 1 aliphatic carbocycles. The fourth-order valence-corrected chi connectivity index (χ4v) is 6.11. The average Bonchev–Trinajstić information content (AvgIpc) is 3.23. The molecule has 0 atom stereocenters. The molecule has 3 aromatic carbocycles. The zero-order valence-corrected chi connectivity index (χ0v) is 24.8. The number of benzene rings is 3. The maximum Gasteiger partial charge on any atom is 0.320 e. The van der Waals surface area contributed by atoms with Gasteiger partial charge in [-0.05, 0) is 40.8 Å². The first-order chi connectivity index (χ1) is 20.0. The summed E-state index contributed by atoms with van der Waals surface area (Å²) in [5.74, 6) is 1.11. The molecule has 0 radical (unpaired) electrons. The van der Waals surface area contributed by atoms with Crippen LogP contribution in [-0.4, -0.2) is 26.7 Å². The first-order valence-electron chi connectivity index (χ1n) is 15.4. The summed E-state index contributed by atoms with van der Waals surface area (Å²) in [6.07, 6.45) is 12.7. The predicted molar refractivity (Wildman–Crippen MR) is 167 cm³/mol. The van der Waals surface area contributed by atoms with E-state index in [2.05, 4.69) is 68.2 Å². The van der Waals surface area contributed by atoms with Gasteiger partial charge in [-0.15, -0.1) is 0 Å². The van der Waals surface area contributed by atoms with Crippen molar-refractivity contribution in [2.24, 2.45) is 0 Å². The highest BCUT2D eigenvalue weighted by molar-refractivity contribution is 5.87. The highest BCUT2D eigenvalue weighted by Crippen LogP contribution is 2.51. The van der Waals surface area contributed by atoms with Gasteiger partial charge in [0, 0.05) is 11.0 Å². The number of aromatic nitrogens is 3. The van der Waals surface area contributed by atoms with Crippen LogP contribution in [-0.2, 0) is 5.41 Å². The van der Waals surface area contributed by atoms with E-state index >= 15 is 0 Å². The van der Waals surface area contributed by atoms with Crippen LogP contribution in [0.2, 0.25) is 0 Å². The van der Waals surface area contributed by atoms with Crippen LogP contribution in [0.4, 0.5) is 0 Å². The zero-order chi connectivity index (χ0) is 28.7. The van der Waals surface area contributed by atoms with Crippen molar-refractivity contribution < 1.29 is 9.84 Å². The smallest absolute Gasteiger partial charge is 0.320 e. The molecule has 1 aromatic heterocycles. The molecule has 0 fully saturated rings. The van der Waals surface area contributed by atoms with E-state index in [1.807, 2.05) is 12.1 Å². The summed E-state index contributed by atoms with van der Waals surface area (Å²) in [7, 11) is 0. The number of phenols is 1. The molecule has 5 nitrogen and oxygen atoms in total. The van der Waals surface area contributed by atoms with Gasteiger partial charge in [0.05, 0.1) is 12.2 Å². The Hall–Kier alpha value is -3.73. The fraction of sp³-hybridized carbons (Fsp3) is 0.417. The topological polar surface area (TPSA) is 68.1 Å². The van der Waals surface area contributed by atoms with Gasteiger partial charge >= 0.3 is 6.01 Å². The molecule has 5 heteroatoms. The van der Waals surface area contributed by atoms with E-state index in [4.69, 9.17) is 14.7 Å². The van der Waals surface area contributed by atoms with E-state index in [1.165, 1.54) is 73.6 Å². The zero-order valence-electron chi connectivity index (χ0n) is 24.8. The Morgan fingerprint density at radius 1 is 0.610 bits per heavy atom. The van der Waals surface area contributed by atoms with Gasteiger partial charge in [-0.1, -0.05) is 133 Å². The third-order valence-electron chi connectivity index (χ3n) is 8.31. The van der Waals surface area contributed by atoms with Crippen molar-refractivity contribution in [3.63, 3.8) is 0 Å². The molecule has 0 saturated heterocycles. The molecule has 1 N–H and O–H groups in total. The van der Waals surface area contributed by atoms with Crippen LogP contribution in [0.5, 0.6) is 11.8 Å². The fourth-order valence-electron chi connectivity index (χ4n) is 6.11. The molecule has 1 aliphatic rings. The Morgan fingerprint density at radius 3 is 1.88 bits per heavy atom. The number of hydrogen-bond acceptors (Lipinski definition) is 5. The highest BCUT2D eigenvalue weighted by Gasteiger charge is 2.38. The van der Waals surface area contributed by atoms with Crippen molar-refractivity contribution in [2.75, 3.05) is 6.61 Å². The Balaban J connectivity index is 1.35. The maximum absolute atomic E-state index is 10.6. The largest absolute Gasteiger partial charge is 0.507 e. The number of fused-ring (bicyclic) bond motifs is 3. The maximum atomic E-state index is 10.6. The summed E-state index contributed by atoms with van der Waals surface area (Å²) < 4.78 is 6.13. The first kappa shape index (κ1) is 28.8. The van der Waals surface area contributed by atoms with E-state index in [1.54, 1.807) is 12.1 Å². The van der Waals surface area contributed by atoms with Gasteiger partial charge in [-0.3, -0.25) is 0 Å². The number of nitrogens with zero attached hydrogens (tertiary/aromatic N) is 3. The second kappa shape index (κ2) is 13.3. The Morgan fingerprint density at radius 2 is 1.17 bits per heavy atom. The van der Waals surface area contributed by atoms with Crippen molar-refractivity contribution in [3.05, 3.63) is 77.9 Å². The lowest BCUT2D eigenvalue weighted by Crippen LogP contribution is -2.17. The van der Waals surface area contributed by atoms with Crippen LogP contribution < -0.4 is 4.74 Å². The molecule has 0 spiro atoms. The Kier molecular flexibility index (Phi) is 9.33. The molecular formula is C36H43N3O2. The highest BCUT2D eigenvalue weighted by atomic mass is 16.5. The molecule has 4 aromatic rings. The van der Waals surface area contributed by atoms with Gasteiger partial charge in [-0.2, -0.15) is 9.97 Å². The quantitative estimate of drug-likeness (QED) is 0.159. The van der Waals surface area contributed by atoms with Crippen molar-refractivity contribution in [2.45, 2.75) is 90.4 Å². The van der Waals surface area contributed by atoms with Crippen molar-refractivity contribution >= 4 is 0 Å². The van der Waals surface area contributed by atoms with Crippen LogP contribution in [0, 0.1) is 0 Å². The van der Waals surface area contributed by atoms with Gasteiger partial charge in [-0.25, -0.2) is 4.98 Å². The number of aromatic hydroxyl groups is 1. The number of phenolic OH excluding ortho intramolecular Hbond substituents is 1. The lowest BCUT2D eigenvalue weighted by Gasteiger charge is -2.24. The predicted octanol–water partition coefficient (Wildman–Crippen LogP) is 9.52. The van der Waals surface area contributed by atoms with E-state index in [-0.39, 0.29) is 11.2 Å². The lowest BCUT2D eigenvalue weighted by atomic mass is 9.80. The minimum atomic E-state index is -0.207. The second-order valence-electron chi connectivity index (χ2n) is 11.7. The summed E-state index contributed by atoms with van der Waals surface area (Å²) in [4.78, 5) is 14.3. The van der Waals surface area contributed by atoms with Gasteiger partial charge < -0.3 is 9.84 Å². The van der Waals surface area contributed by atoms with Gasteiger partial charge in [0.2, 0.25) is 0 Å². The van der Waals surface area contributed by atoms with Crippen LogP contribution in [0.3, 0.4) is 0 Å². The van der Waals surface area contributed by atoms with Crippen LogP contribution in [0.25, 0.3) is 33.9 Å². The number of para-hydroxylation sites is 1. The molecule has 0 bridgehead atoms. The molecule has 0 unspecified atom stereocenters. The van der Waals surface area contributed by atoms with Gasteiger partial charge in [0.25, 0.3) is 0 Å². The first-order valence-corrected chi connectivity index (χ1v) is 15.4. The van der Waals surface area contributed by atoms with Gasteiger partial charge in [0.1, 0.15) is 5.75 Å². The molecule has 0 saturated carbocycles. The van der Waals surface area contributed by atoms with Crippen molar-refractivity contribution in [1.29, 1.82) is 0 Å². The third-order valence-corrected chi connectivity index (χ3v) is 8.31. The summed E-state index contributed by atoms with van der Waals surface area (Å²) in [6, 6.07) is 22.4. The standard InChI is InChI=1S/C36H43N3O2/c1-4-5-6-7-8-9-10-11-12-17-25-41-35-38-33(28-20-14-16-24-31(28)40)37-34(39-35)29-22-18-21-27-26-19-13-15-23-30(26)36(2,3)32(27)29/h13-16,18-24,40H,4-12,17,25H2,1-3H3. The van der Waals surface area contributed by atoms with Crippen LogP contribution in [0.1, 0.15) is 96.1 Å². The normalized spacial score (nSPS) is 13.1. The number of rotatable bonds is 14. The molecule has 214 valence electrons.